The van der Waals surface area contributed by atoms with E-state index in [4.69, 9.17) is 21.3 Å². The van der Waals surface area contributed by atoms with Crippen LogP contribution in [0, 0.1) is 0 Å². The highest BCUT2D eigenvalue weighted by molar-refractivity contribution is 7.22. The lowest BCUT2D eigenvalue weighted by molar-refractivity contribution is -0.147. The van der Waals surface area contributed by atoms with Gasteiger partial charge in [0.25, 0.3) is 0 Å². The Balaban J connectivity index is 1.52. The van der Waals surface area contributed by atoms with Crippen molar-refractivity contribution in [1.82, 2.24) is 9.88 Å². The predicted octanol–water partition coefficient (Wildman–Crippen LogP) is 3.99. The van der Waals surface area contributed by atoms with Crippen molar-refractivity contribution in [2.45, 2.75) is 6.04 Å². The van der Waals surface area contributed by atoms with Gasteiger partial charge in [0.15, 0.2) is 5.13 Å². The molecule has 1 aromatic heterocycles. The number of nitrogens with zero attached hydrogens (tertiary/aromatic N) is 3. The molecular formula is C20H20ClN3O2S. The van der Waals surface area contributed by atoms with Crippen molar-refractivity contribution < 1.29 is 9.53 Å². The van der Waals surface area contributed by atoms with Crippen LogP contribution in [-0.4, -0.2) is 49.1 Å². The maximum atomic E-state index is 12.5. The summed E-state index contributed by atoms with van der Waals surface area (Å²) in [6.45, 7) is 3.08. The van der Waals surface area contributed by atoms with Crippen molar-refractivity contribution in [3.8, 4) is 0 Å². The van der Waals surface area contributed by atoms with Crippen molar-refractivity contribution in [1.29, 1.82) is 0 Å². The van der Waals surface area contributed by atoms with Crippen LogP contribution in [0.1, 0.15) is 11.6 Å². The van der Waals surface area contributed by atoms with Gasteiger partial charge in [0.1, 0.15) is 6.04 Å². The lowest BCUT2D eigenvalue weighted by Crippen LogP contribution is -2.49. The van der Waals surface area contributed by atoms with Gasteiger partial charge in [-0.25, -0.2) is 9.78 Å². The van der Waals surface area contributed by atoms with Gasteiger partial charge in [-0.05, 0) is 23.8 Å². The zero-order valence-electron chi connectivity index (χ0n) is 15.0. The van der Waals surface area contributed by atoms with E-state index in [2.05, 4.69) is 15.9 Å². The van der Waals surface area contributed by atoms with Crippen LogP contribution in [0.3, 0.4) is 0 Å². The number of rotatable bonds is 4. The predicted molar refractivity (Wildman–Crippen MR) is 110 cm³/mol. The fourth-order valence-electron chi connectivity index (χ4n) is 3.45. The molecule has 0 N–H and O–H groups in total. The Morgan fingerprint density at radius 1 is 1.11 bits per heavy atom. The lowest BCUT2D eigenvalue weighted by atomic mass is 10.0. The molecule has 4 rings (SSSR count). The molecule has 1 aliphatic rings. The van der Waals surface area contributed by atoms with Crippen LogP contribution >= 0.6 is 22.9 Å². The van der Waals surface area contributed by atoms with Crippen LogP contribution in [-0.2, 0) is 9.53 Å². The summed E-state index contributed by atoms with van der Waals surface area (Å²) >= 11 is 8.06. The number of piperazine rings is 1. The number of anilines is 1. The van der Waals surface area contributed by atoms with Crippen LogP contribution in [0.15, 0.2) is 48.5 Å². The fraction of sp³-hybridized carbons (Fsp3) is 0.300. The number of aromatic nitrogens is 1. The van der Waals surface area contributed by atoms with Crippen LogP contribution in [0.25, 0.3) is 10.2 Å². The Kier molecular flexibility index (Phi) is 5.29. The molecule has 0 amide bonds. The van der Waals surface area contributed by atoms with Gasteiger partial charge in [-0.2, -0.15) is 0 Å². The lowest BCUT2D eigenvalue weighted by Gasteiger charge is -2.38. The monoisotopic (exact) mass is 401 g/mol. The Morgan fingerprint density at radius 2 is 1.81 bits per heavy atom. The smallest absolute Gasteiger partial charge is 0.327 e. The highest BCUT2D eigenvalue weighted by Gasteiger charge is 2.33. The summed E-state index contributed by atoms with van der Waals surface area (Å²) in [5.41, 5.74) is 1.82. The summed E-state index contributed by atoms with van der Waals surface area (Å²) in [4.78, 5) is 21.6. The molecule has 1 fully saturated rings. The summed E-state index contributed by atoms with van der Waals surface area (Å²) < 4.78 is 6.26. The molecule has 2 heterocycles. The molecule has 3 aromatic rings. The fourth-order valence-corrected chi connectivity index (χ4v) is 4.70. The minimum absolute atomic E-state index is 0.281. The first-order chi connectivity index (χ1) is 13.2. The molecule has 0 aliphatic carbocycles. The zero-order valence-corrected chi connectivity index (χ0v) is 16.5. The van der Waals surface area contributed by atoms with E-state index in [-0.39, 0.29) is 5.97 Å². The summed E-state index contributed by atoms with van der Waals surface area (Å²) in [6.07, 6.45) is 0. The molecule has 27 heavy (non-hydrogen) atoms. The number of benzene rings is 2. The van der Waals surface area contributed by atoms with E-state index >= 15 is 0 Å². The number of carbonyl (C=O) groups excluding carboxylic acids is 1. The summed E-state index contributed by atoms with van der Waals surface area (Å²) in [5, 5.41) is 1.62. The number of thiazole rings is 1. The number of para-hydroxylation sites is 1. The zero-order chi connectivity index (χ0) is 18.8. The van der Waals surface area contributed by atoms with Crippen LogP contribution in [0.2, 0.25) is 5.02 Å². The number of carbonyl (C=O) groups is 1. The molecule has 7 heteroatoms. The van der Waals surface area contributed by atoms with Gasteiger partial charge in [0.05, 0.1) is 17.3 Å². The maximum Gasteiger partial charge on any atom is 0.327 e. The van der Waals surface area contributed by atoms with Crippen molar-refractivity contribution in [3.05, 3.63) is 59.1 Å². The summed E-state index contributed by atoms with van der Waals surface area (Å²) in [7, 11) is 1.42. The second-order valence-electron chi connectivity index (χ2n) is 6.43. The van der Waals surface area contributed by atoms with E-state index in [1.165, 1.54) is 11.8 Å². The number of hydrogen-bond acceptors (Lipinski definition) is 6. The van der Waals surface area contributed by atoms with E-state index in [0.29, 0.717) is 5.02 Å². The molecular weight excluding hydrogens is 382 g/mol. The summed E-state index contributed by atoms with van der Waals surface area (Å²) in [5.74, 6) is -0.281. The van der Waals surface area contributed by atoms with Crippen molar-refractivity contribution in [3.63, 3.8) is 0 Å². The topological polar surface area (TPSA) is 45.7 Å². The molecule has 0 unspecified atom stereocenters. The third-order valence-electron chi connectivity index (χ3n) is 4.86. The summed E-state index contributed by atoms with van der Waals surface area (Å²) in [6, 6.07) is 15.2. The van der Waals surface area contributed by atoms with Crippen molar-refractivity contribution in [2.75, 3.05) is 38.2 Å². The van der Waals surface area contributed by atoms with Gasteiger partial charge in [-0.3, -0.25) is 4.90 Å². The molecule has 2 aromatic carbocycles. The first-order valence-electron chi connectivity index (χ1n) is 8.84. The van der Waals surface area contributed by atoms with Crippen molar-refractivity contribution in [2.24, 2.45) is 0 Å². The Hall–Kier alpha value is -2.15. The third kappa shape index (κ3) is 3.65. The van der Waals surface area contributed by atoms with Gasteiger partial charge in [-0.1, -0.05) is 53.3 Å². The average molecular weight is 402 g/mol. The number of fused-ring (bicyclic) bond motifs is 1. The van der Waals surface area contributed by atoms with Gasteiger partial charge >= 0.3 is 5.97 Å². The number of ether oxygens (including phenoxy) is 1. The molecule has 0 radical (unpaired) electrons. The molecule has 1 aliphatic heterocycles. The number of esters is 1. The Morgan fingerprint density at radius 3 is 2.52 bits per heavy atom. The minimum atomic E-state index is -0.485. The third-order valence-corrected chi connectivity index (χ3v) is 6.30. The van der Waals surface area contributed by atoms with E-state index in [0.717, 1.165) is 42.4 Å². The van der Waals surface area contributed by atoms with E-state index in [1.807, 2.05) is 42.5 Å². The van der Waals surface area contributed by atoms with Gasteiger partial charge < -0.3 is 9.64 Å². The quantitative estimate of drug-likeness (QED) is 0.618. The van der Waals surface area contributed by atoms with Crippen LogP contribution in [0.5, 0.6) is 0 Å². The Labute approximate surface area is 167 Å². The first kappa shape index (κ1) is 18.2. The SMILES string of the molecule is COC(=O)[C@H](c1ccccc1Cl)N1CCN(c2nc3ccccc3s2)CC1. The van der Waals surface area contributed by atoms with E-state index < -0.39 is 6.04 Å². The van der Waals surface area contributed by atoms with E-state index in [9.17, 15) is 4.79 Å². The first-order valence-corrected chi connectivity index (χ1v) is 10.0. The maximum absolute atomic E-state index is 12.5. The van der Waals surface area contributed by atoms with Crippen LogP contribution in [0.4, 0.5) is 5.13 Å². The molecule has 0 saturated carbocycles. The number of halogens is 1. The Bertz CT molecular complexity index is 920. The normalized spacial score (nSPS) is 16.4. The van der Waals surface area contributed by atoms with Gasteiger partial charge in [0, 0.05) is 31.2 Å². The number of methoxy groups -OCH3 is 1. The second kappa shape index (κ2) is 7.84. The molecule has 1 atom stereocenters. The minimum Gasteiger partial charge on any atom is -0.468 e. The van der Waals surface area contributed by atoms with Gasteiger partial charge in [0.2, 0.25) is 0 Å². The highest BCUT2D eigenvalue weighted by Crippen LogP contribution is 2.32. The number of hydrogen-bond donors (Lipinski definition) is 0. The average Bonchev–Trinajstić information content (AvgIpc) is 3.14. The molecule has 1 saturated heterocycles. The second-order valence-corrected chi connectivity index (χ2v) is 7.85. The van der Waals surface area contributed by atoms with Crippen molar-refractivity contribution >= 4 is 44.3 Å². The molecule has 0 spiro atoms. The largest absolute Gasteiger partial charge is 0.468 e. The molecule has 0 bridgehead atoms. The van der Waals surface area contributed by atoms with Crippen LogP contribution < -0.4 is 4.90 Å². The van der Waals surface area contributed by atoms with E-state index in [1.54, 1.807) is 11.3 Å². The standard InChI is InChI=1S/C20H20ClN3O2S/c1-26-19(25)18(14-6-2-3-7-15(14)21)23-10-12-24(13-11-23)20-22-16-8-4-5-9-17(16)27-20/h2-9,18H,10-13H2,1H3/t18-/m0/s1. The molecule has 5 nitrogen and oxygen atoms in total. The van der Waals surface area contributed by atoms with Gasteiger partial charge in [-0.15, -0.1) is 0 Å². The highest BCUT2D eigenvalue weighted by atomic mass is 35.5. The molecule has 140 valence electrons.